The van der Waals surface area contributed by atoms with Crippen LogP contribution in [0, 0.1) is 12.7 Å². The first-order valence-corrected chi connectivity index (χ1v) is 7.44. The first-order valence-electron chi connectivity index (χ1n) is 7.06. The van der Waals surface area contributed by atoms with Crippen molar-refractivity contribution in [3.8, 4) is 11.5 Å². The molecule has 0 saturated heterocycles. The highest BCUT2D eigenvalue weighted by Gasteiger charge is 2.12. The lowest BCUT2D eigenvalue weighted by atomic mass is 10.0. The Morgan fingerprint density at radius 2 is 2.09 bits per heavy atom. The molecule has 0 aliphatic carbocycles. The van der Waals surface area contributed by atoms with Gasteiger partial charge in [-0.2, -0.15) is 0 Å². The highest BCUT2D eigenvalue weighted by molar-refractivity contribution is 6.32. The molecule has 0 radical (unpaired) electrons. The second-order valence-electron chi connectivity index (χ2n) is 4.93. The van der Waals surface area contributed by atoms with Gasteiger partial charge in [0, 0.05) is 6.07 Å². The summed E-state index contributed by atoms with van der Waals surface area (Å²) in [6, 6.07) is 6.90. The van der Waals surface area contributed by atoms with Crippen LogP contribution >= 0.6 is 11.6 Å². The summed E-state index contributed by atoms with van der Waals surface area (Å²) in [6.45, 7) is 4.10. The van der Waals surface area contributed by atoms with Crippen molar-refractivity contribution >= 4 is 23.5 Å². The molecule has 0 aromatic heterocycles. The van der Waals surface area contributed by atoms with Crippen LogP contribution in [0.2, 0.25) is 5.02 Å². The normalized spacial score (nSPS) is 11.0. The van der Waals surface area contributed by atoms with E-state index in [1.165, 1.54) is 36.4 Å². The number of benzene rings is 2. The van der Waals surface area contributed by atoms with Crippen molar-refractivity contribution in [2.75, 3.05) is 6.61 Å². The van der Waals surface area contributed by atoms with Gasteiger partial charge in [0.15, 0.2) is 5.78 Å². The van der Waals surface area contributed by atoms with Gasteiger partial charge in [-0.05, 0) is 55.3 Å². The zero-order valence-corrected chi connectivity index (χ0v) is 13.5. The van der Waals surface area contributed by atoms with Crippen molar-refractivity contribution in [3.05, 3.63) is 63.9 Å². The fourth-order valence-electron chi connectivity index (χ4n) is 2.08. The molecule has 0 amide bonds. The van der Waals surface area contributed by atoms with Gasteiger partial charge in [0.2, 0.25) is 0 Å². The molecule has 3 nitrogen and oxygen atoms in total. The van der Waals surface area contributed by atoms with Gasteiger partial charge >= 0.3 is 0 Å². The van der Waals surface area contributed by atoms with E-state index in [1.807, 2.05) is 6.92 Å². The Morgan fingerprint density at radius 3 is 2.74 bits per heavy atom. The molecule has 23 heavy (non-hydrogen) atoms. The molecule has 2 rings (SSSR count). The number of allylic oxidation sites excluding steroid dienone is 1. The van der Waals surface area contributed by atoms with Gasteiger partial charge in [-0.15, -0.1) is 0 Å². The predicted octanol–water partition coefficient (Wildman–Crippen LogP) is 4.79. The molecular weight excluding hydrogens is 319 g/mol. The van der Waals surface area contributed by atoms with Crippen LogP contribution in [0.15, 0.2) is 36.4 Å². The zero-order valence-electron chi connectivity index (χ0n) is 12.8. The van der Waals surface area contributed by atoms with Gasteiger partial charge in [-0.3, -0.25) is 4.79 Å². The summed E-state index contributed by atoms with van der Waals surface area (Å²) in [4.78, 5) is 12.2. The zero-order chi connectivity index (χ0) is 17.0. The molecule has 5 heteroatoms. The molecule has 0 aliphatic heterocycles. The summed E-state index contributed by atoms with van der Waals surface area (Å²) in [5.41, 5.74) is 1.44. The lowest BCUT2D eigenvalue weighted by molar-refractivity contribution is 0.104. The minimum atomic E-state index is -0.446. The SMILES string of the molecule is CCOc1cc(O)c(C(=O)/C=C/c2ccc(F)cc2Cl)cc1C. The van der Waals surface area contributed by atoms with Gasteiger partial charge in [0.1, 0.15) is 17.3 Å². The maximum atomic E-state index is 13.0. The van der Waals surface area contributed by atoms with E-state index in [2.05, 4.69) is 0 Å². The number of aromatic hydroxyl groups is 1. The number of hydrogen-bond donors (Lipinski definition) is 1. The number of phenolic OH excluding ortho intramolecular Hbond substituents is 1. The van der Waals surface area contributed by atoms with E-state index < -0.39 is 5.82 Å². The number of hydrogen-bond acceptors (Lipinski definition) is 3. The summed E-state index contributed by atoms with van der Waals surface area (Å²) in [7, 11) is 0. The largest absolute Gasteiger partial charge is 0.507 e. The fourth-order valence-corrected chi connectivity index (χ4v) is 2.31. The van der Waals surface area contributed by atoms with Crippen LogP contribution in [0.1, 0.15) is 28.4 Å². The van der Waals surface area contributed by atoms with E-state index in [0.29, 0.717) is 17.9 Å². The summed E-state index contributed by atoms with van der Waals surface area (Å²) in [6.07, 6.45) is 2.77. The highest BCUT2D eigenvalue weighted by atomic mass is 35.5. The van der Waals surface area contributed by atoms with Gasteiger partial charge < -0.3 is 9.84 Å². The molecule has 0 spiro atoms. The molecular formula is C18H16ClFO3. The lowest BCUT2D eigenvalue weighted by Gasteiger charge is -2.09. The summed E-state index contributed by atoms with van der Waals surface area (Å²) >= 11 is 5.90. The third kappa shape index (κ3) is 4.11. The van der Waals surface area contributed by atoms with E-state index in [4.69, 9.17) is 16.3 Å². The molecule has 0 fully saturated rings. The number of carbonyl (C=O) groups excluding carboxylic acids is 1. The van der Waals surface area contributed by atoms with E-state index in [9.17, 15) is 14.3 Å². The molecule has 2 aromatic carbocycles. The number of rotatable bonds is 5. The van der Waals surface area contributed by atoms with Gasteiger partial charge in [0.05, 0.1) is 17.2 Å². The standard InChI is InChI=1S/C18H16ClFO3/c1-3-23-18-10-17(22)14(8-11(18)2)16(21)7-5-12-4-6-13(20)9-15(12)19/h4-10,22H,3H2,1-2H3/b7-5+. The Bertz CT molecular complexity index is 769. The highest BCUT2D eigenvalue weighted by Crippen LogP contribution is 2.29. The van der Waals surface area contributed by atoms with E-state index >= 15 is 0 Å². The Balaban J connectivity index is 2.27. The molecule has 0 heterocycles. The quantitative estimate of drug-likeness (QED) is 0.631. The van der Waals surface area contributed by atoms with Crippen LogP contribution in [0.5, 0.6) is 11.5 Å². The first kappa shape index (κ1) is 17.0. The molecule has 2 aromatic rings. The van der Waals surface area contributed by atoms with Crippen LogP contribution in [0.4, 0.5) is 4.39 Å². The van der Waals surface area contributed by atoms with E-state index in [1.54, 1.807) is 13.0 Å². The van der Waals surface area contributed by atoms with Crippen LogP contribution in [-0.4, -0.2) is 17.5 Å². The lowest BCUT2D eigenvalue weighted by Crippen LogP contribution is -1.99. The van der Waals surface area contributed by atoms with Crippen molar-refractivity contribution in [1.82, 2.24) is 0 Å². The third-order valence-electron chi connectivity index (χ3n) is 3.24. The molecule has 0 unspecified atom stereocenters. The first-order chi connectivity index (χ1) is 10.9. The topological polar surface area (TPSA) is 46.5 Å². The second-order valence-corrected chi connectivity index (χ2v) is 5.34. The molecule has 0 bridgehead atoms. The van der Waals surface area contributed by atoms with E-state index in [-0.39, 0.29) is 22.1 Å². The Morgan fingerprint density at radius 1 is 1.35 bits per heavy atom. The average Bonchev–Trinajstić information content (AvgIpc) is 2.49. The van der Waals surface area contributed by atoms with Gasteiger partial charge in [0.25, 0.3) is 0 Å². The summed E-state index contributed by atoms with van der Waals surface area (Å²) in [5.74, 6) is -0.446. The van der Waals surface area contributed by atoms with Crippen LogP contribution in [0.3, 0.4) is 0 Å². The molecule has 0 atom stereocenters. The van der Waals surface area contributed by atoms with Crippen LogP contribution in [0.25, 0.3) is 6.08 Å². The number of carbonyl (C=O) groups is 1. The predicted molar refractivity (Wildman–Crippen MR) is 88.8 cm³/mol. The Kier molecular flexibility index (Phi) is 5.40. The second kappa shape index (κ2) is 7.29. The average molecular weight is 335 g/mol. The fraction of sp³-hybridized carbons (Fsp3) is 0.167. The smallest absolute Gasteiger partial charge is 0.189 e. The Labute approximate surface area is 139 Å². The minimum Gasteiger partial charge on any atom is -0.507 e. The van der Waals surface area contributed by atoms with Crippen molar-refractivity contribution < 1.29 is 19.0 Å². The maximum Gasteiger partial charge on any atom is 0.189 e. The van der Waals surface area contributed by atoms with Crippen LogP contribution in [-0.2, 0) is 0 Å². The molecule has 1 N–H and O–H groups in total. The number of halogens is 2. The van der Waals surface area contributed by atoms with Crippen molar-refractivity contribution in [2.45, 2.75) is 13.8 Å². The van der Waals surface area contributed by atoms with Crippen molar-refractivity contribution in [1.29, 1.82) is 0 Å². The Hall–Kier alpha value is -2.33. The van der Waals surface area contributed by atoms with Gasteiger partial charge in [-0.25, -0.2) is 4.39 Å². The maximum absolute atomic E-state index is 13.0. The summed E-state index contributed by atoms with van der Waals surface area (Å²) < 4.78 is 18.4. The number of phenols is 1. The van der Waals surface area contributed by atoms with Gasteiger partial charge in [-0.1, -0.05) is 17.7 Å². The third-order valence-corrected chi connectivity index (χ3v) is 3.56. The number of ether oxygens (including phenoxy) is 1. The molecule has 0 saturated carbocycles. The molecule has 0 aliphatic rings. The summed E-state index contributed by atoms with van der Waals surface area (Å²) in [5, 5.41) is 10.2. The van der Waals surface area contributed by atoms with E-state index in [0.717, 1.165) is 5.56 Å². The minimum absolute atomic E-state index is 0.154. The van der Waals surface area contributed by atoms with Crippen molar-refractivity contribution in [2.24, 2.45) is 0 Å². The van der Waals surface area contributed by atoms with Crippen molar-refractivity contribution in [3.63, 3.8) is 0 Å². The molecule has 120 valence electrons. The number of ketones is 1. The van der Waals surface area contributed by atoms with Crippen LogP contribution < -0.4 is 4.74 Å². The number of aryl methyl sites for hydroxylation is 1. The monoisotopic (exact) mass is 334 g/mol.